The van der Waals surface area contributed by atoms with E-state index in [1.807, 2.05) is 109 Å². The predicted octanol–water partition coefficient (Wildman–Crippen LogP) is 5.38. The van der Waals surface area contributed by atoms with Gasteiger partial charge in [0.25, 0.3) is 0 Å². The van der Waals surface area contributed by atoms with Crippen LogP contribution in [0.5, 0.6) is 11.5 Å². The summed E-state index contributed by atoms with van der Waals surface area (Å²) in [7, 11) is 3.25. The lowest BCUT2D eigenvalue weighted by Gasteiger charge is -2.32. The average Bonchev–Trinajstić information content (AvgIpc) is 2.98. The van der Waals surface area contributed by atoms with Gasteiger partial charge in [-0.2, -0.15) is 0 Å². The molecule has 0 spiro atoms. The van der Waals surface area contributed by atoms with Crippen molar-refractivity contribution in [2.75, 3.05) is 20.8 Å². The Bertz CT molecular complexity index is 1320. The molecule has 0 saturated heterocycles. The van der Waals surface area contributed by atoms with Crippen LogP contribution in [0, 0.1) is 0 Å². The number of amides is 2. The van der Waals surface area contributed by atoms with Crippen LogP contribution in [-0.2, 0) is 29.0 Å². The Labute approximate surface area is 230 Å². The molecule has 6 heteroatoms. The van der Waals surface area contributed by atoms with Crippen LogP contribution in [0.25, 0.3) is 0 Å². The van der Waals surface area contributed by atoms with E-state index in [0.29, 0.717) is 13.0 Å². The number of benzene rings is 4. The summed E-state index contributed by atoms with van der Waals surface area (Å²) in [5.74, 6) is 1.18. The van der Waals surface area contributed by atoms with E-state index in [0.717, 1.165) is 33.8 Å². The van der Waals surface area contributed by atoms with Gasteiger partial charge in [0.1, 0.15) is 17.5 Å². The fraction of sp³-hybridized carbons (Fsp3) is 0.212. The van der Waals surface area contributed by atoms with Crippen LogP contribution in [0.3, 0.4) is 0 Å². The highest BCUT2D eigenvalue weighted by molar-refractivity contribution is 5.89. The topological polar surface area (TPSA) is 67.9 Å². The van der Waals surface area contributed by atoms with E-state index < -0.39 is 6.04 Å². The zero-order valence-electron chi connectivity index (χ0n) is 22.4. The summed E-state index contributed by atoms with van der Waals surface area (Å²) in [6, 6.07) is 33.6. The highest BCUT2D eigenvalue weighted by Crippen LogP contribution is 2.26. The molecule has 0 bridgehead atoms. The first-order valence-electron chi connectivity index (χ1n) is 13.0. The van der Waals surface area contributed by atoms with Gasteiger partial charge in [-0.15, -0.1) is 0 Å². The number of methoxy groups -OCH3 is 2. The number of carbonyl (C=O) groups excluding carboxylic acids is 2. The first-order valence-corrected chi connectivity index (χ1v) is 13.0. The quantitative estimate of drug-likeness (QED) is 0.271. The summed E-state index contributed by atoms with van der Waals surface area (Å²) in [5, 5.41) is 3.08. The molecule has 6 nitrogen and oxygen atoms in total. The molecule has 0 aromatic heterocycles. The van der Waals surface area contributed by atoms with E-state index >= 15 is 0 Å². The Morgan fingerprint density at radius 2 is 1.23 bits per heavy atom. The van der Waals surface area contributed by atoms with Crippen LogP contribution in [0.4, 0.5) is 0 Å². The third-order valence-electron chi connectivity index (χ3n) is 6.58. The number of nitrogens with zero attached hydrogens (tertiary/aromatic N) is 1. The Balaban J connectivity index is 1.59. The molecule has 4 aromatic carbocycles. The van der Waals surface area contributed by atoms with E-state index in [-0.39, 0.29) is 24.8 Å². The van der Waals surface area contributed by atoms with Gasteiger partial charge in [-0.25, -0.2) is 0 Å². The highest BCUT2D eigenvalue weighted by Gasteiger charge is 2.31. The van der Waals surface area contributed by atoms with Crippen molar-refractivity contribution in [3.63, 3.8) is 0 Å². The molecule has 2 amide bonds. The van der Waals surface area contributed by atoms with Crippen molar-refractivity contribution in [3.05, 3.63) is 131 Å². The largest absolute Gasteiger partial charge is 0.497 e. The zero-order valence-corrected chi connectivity index (χ0v) is 22.4. The molecule has 0 heterocycles. The van der Waals surface area contributed by atoms with E-state index in [2.05, 4.69) is 5.32 Å². The number of carbonyl (C=O) groups is 2. The summed E-state index contributed by atoms with van der Waals surface area (Å²) in [5.41, 5.74) is 3.65. The fourth-order valence-corrected chi connectivity index (χ4v) is 4.45. The van der Waals surface area contributed by atoms with Crippen molar-refractivity contribution in [2.45, 2.75) is 25.4 Å². The lowest BCUT2D eigenvalue weighted by Crippen LogP contribution is -2.44. The molecule has 4 aromatic rings. The average molecular weight is 523 g/mol. The maximum Gasteiger partial charge on any atom is 0.247 e. The summed E-state index contributed by atoms with van der Waals surface area (Å²) < 4.78 is 10.5. The minimum absolute atomic E-state index is 0.129. The highest BCUT2D eigenvalue weighted by atomic mass is 16.5. The molecule has 1 unspecified atom stereocenters. The summed E-state index contributed by atoms with van der Waals surface area (Å²) >= 11 is 0. The summed E-state index contributed by atoms with van der Waals surface area (Å²) in [6.45, 7) is 0.721. The molecule has 1 atom stereocenters. The third kappa shape index (κ3) is 7.71. The maximum atomic E-state index is 13.8. The summed E-state index contributed by atoms with van der Waals surface area (Å²) in [6.07, 6.45) is 0.854. The lowest BCUT2D eigenvalue weighted by atomic mass is 10.0. The molecule has 0 aliphatic rings. The van der Waals surface area contributed by atoms with Crippen LogP contribution < -0.4 is 14.8 Å². The first-order chi connectivity index (χ1) is 19.1. The SMILES string of the molecule is COc1ccc(CCNC(=O)C(c2ccccc2)N(Cc2ccc(OC)cc2)C(=O)Cc2ccccc2)cc1. The molecule has 200 valence electrons. The van der Waals surface area contributed by atoms with Crippen molar-refractivity contribution >= 4 is 11.8 Å². The Morgan fingerprint density at radius 1 is 0.692 bits per heavy atom. The van der Waals surface area contributed by atoms with Gasteiger partial charge in [0.05, 0.1) is 20.6 Å². The number of hydrogen-bond acceptors (Lipinski definition) is 4. The Kier molecular flexibility index (Phi) is 9.73. The van der Waals surface area contributed by atoms with Crippen LogP contribution in [0.1, 0.15) is 28.3 Å². The van der Waals surface area contributed by atoms with E-state index in [4.69, 9.17) is 9.47 Å². The Morgan fingerprint density at radius 3 is 1.79 bits per heavy atom. The van der Waals surface area contributed by atoms with Crippen molar-refractivity contribution in [1.82, 2.24) is 10.2 Å². The van der Waals surface area contributed by atoms with Gasteiger partial charge in [-0.1, -0.05) is 84.9 Å². The predicted molar refractivity (Wildman–Crippen MR) is 153 cm³/mol. The van der Waals surface area contributed by atoms with Crippen LogP contribution in [0.2, 0.25) is 0 Å². The molecule has 39 heavy (non-hydrogen) atoms. The Hall–Kier alpha value is -4.58. The minimum atomic E-state index is -0.791. The second-order valence-electron chi connectivity index (χ2n) is 9.23. The van der Waals surface area contributed by atoms with Crippen LogP contribution in [-0.4, -0.2) is 37.5 Å². The molecule has 0 aliphatic carbocycles. The van der Waals surface area contributed by atoms with Crippen molar-refractivity contribution in [1.29, 1.82) is 0 Å². The second-order valence-corrected chi connectivity index (χ2v) is 9.23. The zero-order chi connectivity index (χ0) is 27.5. The lowest BCUT2D eigenvalue weighted by molar-refractivity contribution is -0.141. The first kappa shape index (κ1) is 27.5. The standard InChI is InChI=1S/C33H34N2O4/c1-38-29-17-13-25(14-18-29)21-22-34-33(37)32(28-11-7-4-8-12-28)35(24-27-15-19-30(39-2)20-16-27)31(36)23-26-9-5-3-6-10-26/h3-20,32H,21-24H2,1-2H3,(H,34,37). The van der Waals surface area contributed by atoms with Gasteiger partial charge in [-0.05, 0) is 52.9 Å². The van der Waals surface area contributed by atoms with Crippen LogP contribution in [0.15, 0.2) is 109 Å². The molecule has 0 fully saturated rings. The van der Waals surface area contributed by atoms with Gasteiger partial charge in [-0.3, -0.25) is 9.59 Å². The third-order valence-corrected chi connectivity index (χ3v) is 6.58. The van der Waals surface area contributed by atoms with E-state index in [1.54, 1.807) is 19.1 Å². The molecule has 4 rings (SSSR count). The number of nitrogens with one attached hydrogen (secondary N) is 1. The number of rotatable bonds is 12. The molecule has 0 saturated carbocycles. The van der Waals surface area contributed by atoms with Crippen molar-refractivity contribution in [2.24, 2.45) is 0 Å². The second kappa shape index (κ2) is 13.8. The van der Waals surface area contributed by atoms with E-state index in [1.165, 1.54) is 0 Å². The monoisotopic (exact) mass is 522 g/mol. The van der Waals surface area contributed by atoms with Gasteiger partial charge < -0.3 is 19.7 Å². The van der Waals surface area contributed by atoms with Gasteiger partial charge in [0.2, 0.25) is 11.8 Å². The molecule has 1 N–H and O–H groups in total. The van der Waals surface area contributed by atoms with Crippen molar-refractivity contribution in [3.8, 4) is 11.5 Å². The molecular weight excluding hydrogens is 488 g/mol. The van der Waals surface area contributed by atoms with Gasteiger partial charge in [0, 0.05) is 13.1 Å². The fourth-order valence-electron chi connectivity index (χ4n) is 4.45. The molecule has 0 aliphatic heterocycles. The smallest absolute Gasteiger partial charge is 0.247 e. The van der Waals surface area contributed by atoms with E-state index in [9.17, 15) is 9.59 Å². The summed E-state index contributed by atoms with van der Waals surface area (Å²) in [4.78, 5) is 29.3. The van der Waals surface area contributed by atoms with Gasteiger partial charge in [0.15, 0.2) is 0 Å². The maximum absolute atomic E-state index is 13.8. The normalized spacial score (nSPS) is 11.3. The number of ether oxygens (including phenoxy) is 2. The molecular formula is C33H34N2O4. The molecule has 0 radical (unpaired) electrons. The van der Waals surface area contributed by atoms with Crippen LogP contribution >= 0.6 is 0 Å². The van der Waals surface area contributed by atoms with Gasteiger partial charge >= 0.3 is 0 Å². The minimum Gasteiger partial charge on any atom is -0.497 e. The van der Waals surface area contributed by atoms with Crippen molar-refractivity contribution < 1.29 is 19.1 Å². The number of hydrogen-bond donors (Lipinski definition) is 1.